The third kappa shape index (κ3) is 4.63. The summed E-state index contributed by atoms with van der Waals surface area (Å²) in [5.74, 6) is -0.637. The second kappa shape index (κ2) is 8.92. The van der Waals surface area contributed by atoms with Crippen LogP contribution >= 0.6 is 23.2 Å². The molecule has 3 aromatic carbocycles. The van der Waals surface area contributed by atoms with Crippen LogP contribution in [-0.2, 0) is 4.79 Å². The summed E-state index contributed by atoms with van der Waals surface area (Å²) in [4.78, 5) is 25.7. The van der Waals surface area contributed by atoms with Gasteiger partial charge in [-0.2, -0.15) is 0 Å². The topological polar surface area (TPSA) is 61.2 Å². The highest BCUT2D eigenvalue weighted by molar-refractivity contribution is 6.33. The van der Waals surface area contributed by atoms with E-state index in [2.05, 4.69) is 10.7 Å². The second-order valence-corrected chi connectivity index (χ2v) is 8.19. The van der Waals surface area contributed by atoms with Gasteiger partial charge in [-0.05, 0) is 43.3 Å². The highest BCUT2D eigenvalue weighted by Crippen LogP contribution is 2.27. The predicted octanol–water partition coefficient (Wildman–Crippen LogP) is 4.32. The van der Waals surface area contributed by atoms with E-state index in [0.717, 1.165) is 16.7 Å². The number of rotatable bonds is 4. The van der Waals surface area contributed by atoms with E-state index in [0.29, 0.717) is 15.6 Å². The molecule has 0 saturated carbocycles. The Morgan fingerprint density at radius 3 is 2.35 bits per heavy atom. The summed E-state index contributed by atoms with van der Waals surface area (Å²) in [6, 6.07) is 20.4. The van der Waals surface area contributed by atoms with Crippen molar-refractivity contribution in [3.63, 3.8) is 0 Å². The zero-order valence-electron chi connectivity index (χ0n) is 16.7. The molecule has 156 valence electrons. The van der Waals surface area contributed by atoms with Crippen molar-refractivity contribution in [1.29, 1.82) is 0 Å². The molecule has 0 radical (unpaired) electrons. The Morgan fingerprint density at radius 2 is 1.68 bits per heavy atom. The summed E-state index contributed by atoms with van der Waals surface area (Å²) in [6.45, 7) is 1.95. The van der Waals surface area contributed by atoms with Crippen molar-refractivity contribution in [1.82, 2.24) is 10.7 Å². The molecule has 1 heterocycles. The molecule has 0 aromatic heterocycles. The van der Waals surface area contributed by atoms with Gasteiger partial charge in [-0.3, -0.25) is 9.59 Å². The lowest BCUT2D eigenvalue weighted by Gasteiger charge is -2.15. The molecular weight excluding hydrogens is 433 g/mol. The number of carbonyl (C=O) groups is 2. The molecule has 0 aliphatic carbocycles. The van der Waals surface area contributed by atoms with E-state index < -0.39 is 12.1 Å². The molecule has 0 bridgehead atoms. The van der Waals surface area contributed by atoms with E-state index in [1.807, 2.05) is 49.4 Å². The number of hydrogen-bond donors (Lipinski definition) is 2. The number of nitrogens with zero attached hydrogens (tertiary/aromatic N) is 1. The number of carbonyl (C=O) groups excluding carboxylic acids is 2. The number of benzene rings is 3. The molecule has 1 aliphatic rings. The monoisotopic (exact) mass is 452 g/mol. The van der Waals surface area contributed by atoms with Crippen molar-refractivity contribution in [2.75, 3.05) is 0 Å². The van der Waals surface area contributed by atoms with Crippen molar-refractivity contribution in [3.8, 4) is 0 Å². The van der Waals surface area contributed by atoms with E-state index in [1.54, 1.807) is 41.2 Å². The number of nitrogens with one attached hydrogen (secondary N) is 2. The average Bonchev–Trinajstić information content (AvgIpc) is 3.05. The standard InChI is InChI=1S/C24H19Cl2N3O2/c1-15-6-8-17(9-7-15)23(30)27-21-22(16-10-12-19(25)13-11-16)29(28-24(21)31)14-18-4-2-3-5-20(18)26/h2-14,21-22H,1H3,(H-,27,28,30,31)/p+1/b29-14-/t21-,22+/m0/s1. The Morgan fingerprint density at radius 1 is 1.00 bits per heavy atom. The Hall–Kier alpha value is -3.15. The van der Waals surface area contributed by atoms with Crippen LogP contribution in [0.1, 0.15) is 33.1 Å². The normalized spacial score (nSPS) is 19.3. The average molecular weight is 453 g/mol. The number of hydrogen-bond acceptors (Lipinski definition) is 2. The quantitative estimate of drug-likeness (QED) is 0.579. The Balaban J connectivity index is 1.71. The minimum atomic E-state index is -0.811. The van der Waals surface area contributed by atoms with Crippen molar-refractivity contribution in [2.45, 2.75) is 19.0 Å². The van der Waals surface area contributed by atoms with Crippen molar-refractivity contribution < 1.29 is 14.3 Å². The molecule has 0 unspecified atom stereocenters. The van der Waals surface area contributed by atoms with Crippen LogP contribution in [0.3, 0.4) is 0 Å². The van der Waals surface area contributed by atoms with Crippen LogP contribution in [0.25, 0.3) is 0 Å². The summed E-state index contributed by atoms with van der Waals surface area (Å²) in [7, 11) is 0. The molecule has 0 spiro atoms. The van der Waals surface area contributed by atoms with Gasteiger partial charge in [0.15, 0.2) is 6.04 Å². The highest BCUT2D eigenvalue weighted by atomic mass is 35.5. The molecule has 2 atom stereocenters. The second-order valence-electron chi connectivity index (χ2n) is 7.35. The summed E-state index contributed by atoms with van der Waals surface area (Å²) in [5, 5.41) is 4.02. The van der Waals surface area contributed by atoms with E-state index in [1.165, 1.54) is 0 Å². The molecule has 31 heavy (non-hydrogen) atoms. The molecule has 5 nitrogen and oxygen atoms in total. The fraction of sp³-hybridized carbons (Fsp3) is 0.125. The molecule has 1 saturated heterocycles. The van der Waals surface area contributed by atoms with E-state index in [9.17, 15) is 9.59 Å². The first-order valence-corrected chi connectivity index (χ1v) is 10.5. The summed E-state index contributed by atoms with van der Waals surface area (Å²) >= 11 is 12.4. The van der Waals surface area contributed by atoms with Crippen molar-refractivity contribution in [2.24, 2.45) is 0 Å². The van der Waals surface area contributed by atoms with Crippen LogP contribution in [0.5, 0.6) is 0 Å². The molecule has 3 aromatic rings. The van der Waals surface area contributed by atoms with Gasteiger partial charge in [0.1, 0.15) is 0 Å². The van der Waals surface area contributed by atoms with Crippen molar-refractivity contribution >= 4 is 41.2 Å². The van der Waals surface area contributed by atoms with E-state index in [4.69, 9.17) is 23.2 Å². The Kier molecular flexibility index (Phi) is 6.07. The molecule has 2 N–H and O–H groups in total. The number of amides is 2. The van der Waals surface area contributed by atoms with Crippen LogP contribution in [0.15, 0.2) is 72.8 Å². The maximum atomic E-state index is 12.9. The maximum Gasteiger partial charge on any atom is 0.304 e. The maximum absolute atomic E-state index is 12.9. The lowest BCUT2D eigenvalue weighted by atomic mass is 9.99. The first kappa shape index (κ1) is 21.1. The van der Waals surface area contributed by atoms with Crippen LogP contribution in [0, 0.1) is 6.92 Å². The smallest absolute Gasteiger partial charge is 0.304 e. The van der Waals surface area contributed by atoms with Gasteiger partial charge in [-0.15, -0.1) is 10.1 Å². The third-order valence-corrected chi connectivity index (χ3v) is 5.73. The number of aryl methyl sites for hydroxylation is 1. The van der Waals surface area contributed by atoms with Crippen LogP contribution < -0.4 is 10.7 Å². The summed E-state index contributed by atoms with van der Waals surface area (Å²) in [5.41, 5.74) is 5.94. The minimum Gasteiger partial charge on any atom is -0.334 e. The summed E-state index contributed by atoms with van der Waals surface area (Å²) < 4.78 is 1.67. The van der Waals surface area contributed by atoms with Gasteiger partial charge in [-0.1, -0.05) is 65.2 Å². The SMILES string of the molecule is Cc1ccc(C(=O)N[C@@H]2C(=O)N/[N+](=C\c3ccccc3Cl)[C@@H]2c2ccc(Cl)cc2)cc1. The zero-order chi connectivity index (χ0) is 22.0. The molecule has 1 fully saturated rings. The van der Waals surface area contributed by atoms with E-state index in [-0.39, 0.29) is 11.8 Å². The van der Waals surface area contributed by atoms with Crippen molar-refractivity contribution in [3.05, 3.63) is 105 Å². The molecule has 1 aliphatic heterocycles. The summed E-state index contributed by atoms with van der Waals surface area (Å²) in [6.07, 6.45) is 1.76. The van der Waals surface area contributed by atoms with Crippen LogP contribution in [0.4, 0.5) is 0 Å². The predicted molar refractivity (Wildman–Crippen MR) is 122 cm³/mol. The Bertz CT molecular complexity index is 1160. The lowest BCUT2D eigenvalue weighted by molar-refractivity contribution is -0.596. The van der Waals surface area contributed by atoms with Gasteiger partial charge in [-0.25, -0.2) is 0 Å². The third-order valence-electron chi connectivity index (χ3n) is 5.13. The van der Waals surface area contributed by atoms with Crippen LogP contribution in [0.2, 0.25) is 10.0 Å². The zero-order valence-corrected chi connectivity index (χ0v) is 18.2. The minimum absolute atomic E-state index is 0.316. The van der Waals surface area contributed by atoms with Gasteiger partial charge in [0, 0.05) is 16.1 Å². The largest absolute Gasteiger partial charge is 0.334 e. The Labute approximate surface area is 190 Å². The fourth-order valence-corrected chi connectivity index (χ4v) is 3.81. The number of halogens is 2. The number of hydrazine groups is 1. The number of hydrazone groups is 1. The molecule has 7 heteroatoms. The van der Waals surface area contributed by atoms with Gasteiger partial charge >= 0.3 is 5.91 Å². The lowest BCUT2D eigenvalue weighted by Crippen LogP contribution is -2.42. The van der Waals surface area contributed by atoms with Gasteiger partial charge in [0.05, 0.1) is 10.6 Å². The highest BCUT2D eigenvalue weighted by Gasteiger charge is 2.47. The first-order valence-electron chi connectivity index (χ1n) is 9.73. The first-order chi connectivity index (χ1) is 14.9. The van der Waals surface area contributed by atoms with Gasteiger partial charge < -0.3 is 5.32 Å². The molecule has 2 amide bonds. The van der Waals surface area contributed by atoms with Crippen LogP contribution in [-0.4, -0.2) is 28.8 Å². The van der Waals surface area contributed by atoms with Gasteiger partial charge in [0.25, 0.3) is 5.91 Å². The molecular formula is C24H20Cl2N3O2+. The van der Waals surface area contributed by atoms with Gasteiger partial charge in [0.2, 0.25) is 12.3 Å². The molecule has 4 rings (SSSR count). The fourth-order valence-electron chi connectivity index (χ4n) is 3.50. The van der Waals surface area contributed by atoms with E-state index >= 15 is 0 Å².